The largest absolute Gasteiger partial charge is 0.368 e. The summed E-state index contributed by atoms with van der Waals surface area (Å²) in [6.45, 7) is 3.46. The summed E-state index contributed by atoms with van der Waals surface area (Å²) >= 11 is 2.46. The van der Waals surface area contributed by atoms with Crippen molar-refractivity contribution < 1.29 is 0 Å². The van der Waals surface area contributed by atoms with E-state index in [0.717, 1.165) is 19.0 Å². The van der Waals surface area contributed by atoms with Crippen LogP contribution in [0.1, 0.15) is 32.1 Å². The Kier molecular flexibility index (Phi) is 4.64. The Balaban J connectivity index is 1.69. The number of hydrogen-bond acceptors (Lipinski definition) is 2. The number of nitrogens with one attached hydrogen (secondary N) is 1. The normalized spacial score (nSPS) is 25.5. The molecular formula is C16H23IN2. The van der Waals surface area contributed by atoms with Gasteiger partial charge in [0.1, 0.15) is 0 Å². The average Bonchev–Trinajstić information content (AvgIpc) is 2.49. The second kappa shape index (κ2) is 6.44. The maximum absolute atomic E-state index is 3.76. The Bertz CT molecular complexity index is 415. The molecule has 1 aliphatic heterocycles. The molecule has 19 heavy (non-hydrogen) atoms. The van der Waals surface area contributed by atoms with E-state index in [9.17, 15) is 0 Å². The van der Waals surface area contributed by atoms with E-state index in [1.807, 2.05) is 0 Å². The summed E-state index contributed by atoms with van der Waals surface area (Å²) in [6, 6.07) is 9.48. The summed E-state index contributed by atoms with van der Waals surface area (Å²) in [5.74, 6) is 0.901. The van der Waals surface area contributed by atoms with Gasteiger partial charge in [-0.15, -0.1) is 0 Å². The zero-order valence-corrected chi connectivity index (χ0v) is 13.6. The van der Waals surface area contributed by atoms with Crippen LogP contribution in [0.15, 0.2) is 24.3 Å². The molecule has 2 aliphatic rings. The molecule has 0 bridgehead atoms. The SMILES string of the molecule is Ic1ccccc1N1CCNC(C2CCCCC2)C1. The maximum Gasteiger partial charge on any atom is 0.0502 e. The van der Waals surface area contributed by atoms with Gasteiger partial charge in [-0.2, -0.15) is 0 Å². The van der Waals surface area contributed by atoms with Crippen molar-refractivity contribution in [3.63, 3.8) is 0 Å². The molecule has 1 aromatic rings. The number of piperazine rings is 1. The summed E-state index contributed by atoms with van der Waals surface area (Å²) in [5, 5.41) is 3.76. The van der Waals surface area contributed by atoms with Crippen LogP contribution in [0, 0.1) is 9.49 Å². The standard InChI is InChI=1S/C16H23IN2/c17-14-8-4-5-9-16(14)19-11-10-18-15(12-19)13-6-2-1-3-7-13/h4-5,8-9,13,15,18H,1-3,6-7,10-12H2. The smallest absolute Gasteiger partial charge is 0.0502 e. The fourth-order valence-corrected chi connectivity index (χ4v) is 4.29. The molecule has 0 amide bonds. The van der Waals surface area contributed by atoms with Crippen LogP contribution in [0.2, 0.25) is 0 Å². The predicted molar refractivity (Wildman–Crippen MR) is 89.7 cm³/mol. The Morgan fingerprint density at radius 3 is 2.68 bits per heavy atom. The maximum atomic E-state index is 3.76. The van der Waals surface area contributed by atoms with Crippen molar-refractivity contribution in [1.29, 1.82) is 0 Å². The Morgan fingerprint density at radius 2 is 1.89 bits per heavy atom. The molecule has 0 radical (unpaired) electrons. The number of benzene rings is 1. The molecule has 1 heterocycles. The van der Waals surface area contributed by atoms with E-state index < -0.39 is 0 Å². The molecule has 0 aromatic heterocycles. The highest BCUT2D eigenvalue weighted by Gasteiger charge is 2.28. The van der Waals surface area contributed by atoms with Gasteiger partial charge in [0.15, 0.2) is 0 Å². The van der Waals surface area contributed by atoms with Gasteiger partial charge in [-0.25, -0.2) is 0 Å². The molecule has 1 unspecified atom stereocenters. The van der Waals surface area contributed by atoms with E-state index in [0.29, 0.717) is 6.04 Å². The number of rotatable bonds is 2. The summed E-state index contributed by atoms with van der Waals surface area (Å²) in [7, 11) is 0. The minimum Gasteiger partial charge on any atom is -0.368 e. The van der Waals surface area contributed by atoms with Crippen molar-refractivity contribution in [2.45, 2.75) is 38.1 Å². The van der Waals surface area contributed by atoms with Crippen molar-refractivity contribution >= 4 is 28.3 Å². The molecule has 3 heteroatoms. The first-order valence-electron chi connectivity index (χ1n) is 7.57. The highest BCUT2D eigenvalue weighted by Crippen LogP contribution is 2.30. The second-order valence-corrected chi connectivity index (χ2v) is 7.02. The second-order valence-electron chi connectivity index (χ2n) is 5.86. The van der Waals surface area contributed by atoms with Crippen LogP contribution in [-0.4, -0.2) is 25.7 Å². The number of anilines is 1. The highest BCUT2D eigenvalue weighted by molar-refractivity contribution is 14.1. The summed E-state index contributed by atoms with van der Waals surface area (Å²) < 4.78 is 1.38. The summed E-state index contributed by atoms with van der Waals surface area (Å²) in [4.78, 5) is 2.58. The number of hydrogen-bond donors (Lipinski definition) is 1. The average molecular weight is 370 g/mol. The van der Waals surface area contributed by atoms with Crippen LogP contribution in [0.3, 0.4) is 0 Å². The van der Waals surface area contributed by atoms with Gasteiger partial charge in [0, 0.05) is 29.2 Å². The van der Waals surface area contributed by atoms with Gasteiger partial charge in [0.05, 0.1) is 5.69 Å². The third-order valence-electron chi connectivity index (χ3n) is 4.62. The molecule has 1 aliphatic carbocycles. The van der Waals surface area contributed by atoms with Gasteiger partial charge in [0.2, 0.25) is 0 Å². The van der Waals surface area contributed by atoms with E-state index in [1.54, 1.807) is 0 Å². The van der Waals surface area contributed by atoms with Crippen LogP contribution in [0.5, 0.6) is 0 Å². The lowest BCUT2D eigenvalue weighted by atomic mass is 9.83. The first-order chi connectivity index (χ1) is 9.34. The molecule has 1 N–H and O–H groups in total. The Hall–Kier alpha value is -0.290. The zero-order valence-electron chi connectivity index (χ0n) is 11.4. The zero-order chi connectivity index (χ0) is 13.1. The Morgan fingerprint density at radius 1 is 1.11 bits per heavy atom. The molecule has 2 nitrogen and oxygen atoms in total. The third-order valence-corrected chi connectivity index (χ3v) is 5.53. The van der Waals surface area contributed by atoms with Crippen molar-refractivity contribution in [3.05, 3.63) is 27.8 Å². The van der Waals surface area contributed by atoms with Gasteiger partial charge in [-0.05, 0) is 53.5 Å². The van der Waals surface area contributed by atoms with Gasteiger partial charge < -0.3 is 10.2 Å². The molecule has 1 atom stereocenters. The number of nitrogens with zero attached hydrogens (tertiary/aromatic N) is 1. The van der Waals surface area contributed by atoms with Gasteiger partial charge in [-0.1, -0.05) is 31.4 Å². The molecule has 1 saturated heterocycles. The molecule has 2 fully saturated rings. The van der Waals surface area contributed by atoms with Crippen molar-refractivity contribution in [1.82, 2.24) is 5.32 Å². The van der Waals surface area contributed by atoms with Crippen molar-refractivity contribution in [2.75, 3.05) is 24.5 Å². The third kappa shape index (κ3) is 3.24. The van der Waals surface area contributed by atoms with Crippen molar-refractivity contribution in [3.8, 4) is 0 Å². The van der Waals surface area contributed by atoms with Crippen LogP contribution in [0.4, 0.5) is 5.69 Å². The predicted octanol–water partition coefficient (Wildman–Crippen LogP) is 3.65. The van der Waals surface area contributed by atoms with E-state index in [1.165, 1.54) is 47.9 Å². The first kappa shape index (κ1) is 13.7. The fourth-order valence-electron chi connectivity index (χ4n) is 3.56. The first-order valence-corrected chi connectivity index (χ1v) is 8.65. The quantitative estimate of drug-likeness (QED) is 0.800. The molecule has 1 saturated carbocycles. The highest BCUT2D eigenvalue weighted by atomic mass is 127. The lowest BCUT2D eigenvalue weighted by Gasteiger charge is -2.40. The molecule has 1 aromatic carbocycles. The van der Waals surface area contributed by atoms with Gasteiger partial charge >= 0.3 is 0 Å². The topological polar surface area (TPSA) is 15.3 Å². The van der Waals surface area contributed by atoms with Gasteiger partial charge in [-0.3, -0.25) is 0 Å². The number of halogens is 1. The molecule has 104 valence electrons. The molecule has 0 spiro atoms. The van der Waals surface area contributed by atoms with Crippen LogP contribution in [0.25, 0.3) is 0 Å². The monoisotopic (exact) mass is 370 g/mol. The van der Waals surface area contributed by atoms with Crippen LogP contribution in [-0.2, 0) is 0 Å². The lowest BCUT2D eigenvalue weighted by molar-refractivity contribution is 0.257. The molecule has 3 rings (SSSR count). The summed E-state index contributed by atoms with van der Waals surface area (Å²) in [6.07, 6.45) is 7.18. The van der Waals surface area contributed by atoms with Crippen molar-refractivity contribution in [2.24, 2.45) is 5.92 Å². The van der Waals surface area contributed by atoms with E-state index in [2.05, 4.69) is 57.1 Å². The number of para-hydroxylation sites is 1. The molecular weight excluding hydrogens is 347 g/mol. The van der Waals surface area contributed by atoms with E-state index >= 15 is 0 Å². The fraction of sp³-hybridized carbons (Fsp3) is 0.625. The van der Waals surface area contributed by atoms with Crippen LogP contribution < -0.4 is 10.2 Å². The van der Waals surface area contributed by atoms with E-state index in [4.69, 9.17) is 0 Å². The van der Waals surface area contributed by atoms with Crippen LogP contribution >= 0.6 is 22.6 Å². The summed E-state index contributed by atoms with van der Waals surface area (Å²) in [5.41, 5.74) is 1.42. The lowest BCUT2D eigenvalue weighted by Crippen LogP contribution is -2.54. The minimum absolute atomic E-state index is 0.699. The Labute approximate surface area is 130 Å². The van der Waals surface area contributed by atoms with Gasteiger partial charge in [0.25, 0.3) is 0 Å². The minimum atomic E-state index is 0.699. The van der Waals surface area contributed by atoms with E-state index in [-0.39, 0.29) is 0 Å².